The topological polar surface area (TPSA) is 24.4 Å². The second kappa shape index (κ2) is 4.92. The highest BCUT2D eigenvalue weighted by Crippen LogP contribution is 2.49. The third-order valence-corrected chi connectivity index (χ3v) is 2.83. The van der Waals surface area contributed by atoms with E-state index in [0.717, 1.165) is 6.21 Å². The Labute approximate surface area is 110 Å². The van der Waals surface area contributed by atoms with Gasteiger partial charge in [0.05, 0.1) is 5.70 Å². The number of halogens is 7. The Balaban J connectivity index is 3.12. The van der Waals surface area contributed by atoms with Crippen molar-refractivity contribution in [1.29, 1.82) is 0 Å². The zero-order chi connectivity index (χ0) is 15.8. The summed E-state index contributed by atoms with van der Waals surface area (Å²) in [4.78, 5) is 3.79. The van der Waals surface area contributed by atoms with Crippen LogP contribution in [0.5, 0.6) is 0 Å². The van der Waals surface area contributed by atoms with Crippen molar-refractivity contribution in [3.8, 4) is 0 Å². The van der Waals surface area contributed by atoms with Gasteiger partial charge in [0.25, 0.3) is 0 Å². The zero-order valence-corrected chi connectivity index (χ0v) is 10.7. The number of nitrogens with one attached hydrogen (secondary N) is 1. The van der Waals surface area contributed by atoms with Crippen molar-refractivity contribution in [3.63, 3.8) is 0 Å². The molecule has 0 aliphatic carbocycles. The predicted octanol–water partition coefficient (Wildman–Crippen LogP) is 3.89. The normalized spacial score (nSPS) is 24.4. The fourth-order valence-corrected chi connectivity index (χ4v) is 1.78. The molecule has 20 heavy (non-hydrogen) atoms. The lowest BCUT2D eigenvalue weighted by Gasteiger charge is -2.37. The van der Waals surface area contributed by atoms with Crippen LogP contribution in [0.15, 0.2) is 16.8 Å². The van der Waals surface area contributed by atoms with Crippen molar-refractivity contribution < 1.29 is 30.7 Å². The Hall–Kier alpha value is -1.28. The molecule has 1 N–H and O–H groups in total. The van der Waals surface area contributed by atoms with Gasteiger partial charge in [-0.25, -0.2) is 0 Å². The van der Waals surface area contributed by atoms with Crippen LogP contribution in [0.2, 0.25) is 0 Å². The molecule has 1 aliphatic heterocycles. The van der Waals surface area contributed by atoms with E-state index in [4.69, 9.17) is 0 Å². The molecule has 116 valence electrons. The Bertz CT molecular complexity index is 425. The van der Waals surface area contributed by atoms with Crippen molar-refractivity contribution in [2.45, 2.75) is 50.4 Å². The van der Waals surface area contributed by atoms with Crippen molar-refractivity contribution in [2.75, 3.05) is 0 Å². The predicted molar refractivity (Wildman–Crippen MR) is 59.0 cm³/mol. The molecule has 9 heteroatoms. The third kappa shape index (κ3) is 2.76. The highest BCUT2D eigenvalue weighted by Gasteiger charge is 2.74. The minimum Gasteiger partial charge on any atom is -0.360 e. The maximum Gasteiger partial charge on any atom is 0.460 e. The number of nitrogens with zero attached hydrogens (tertiary/aromatic N) is 1. The first-order valence-electron chi connectivity index (χ1n) is 5.74. The van der Waals surface area contributed by atoms with Crippen molar-refractivity contribution in [2.24, 2.45) is 4.99 Å². The van der Waals surface area contributed by atoms with Crippen molar-refractivity contribution >= 4 is 6.21 Å². The van der Waals surface area contributed by atoms with E-state index in [2.05, 4.69) is 4.99 Å². The van der Waals surface area contributed by atoms with Gasteiger partial charge in [0.2, 0.25) is 0 Å². The molecule has 0 aromatic rings. The Morgan fingerprint density at radius 2 is 1.70 bits per heavy atom. The van der Waals surface area contributed by atoms with Gasteiger partial charge >= 0.3 is 18.0 Å². The highest BCUT2D eigenvalue weighted by atomic mass is 19.4. The Kier molecular flexibility index (Phi) is 4.13. The second-order valence-corrected chi connectivity index (χ2v) is 4.65. The molecule has 0 saturated carbocycles. The molecular formula is C11H13F7N2. The average molecular weight is 306 g/mol. The molecule has 0 aromatic carbocycles. The molecule has 0 aromatic heterocycles. The number of allylic oxidation sites excluding steroid dienone is 2. The first-order chi connectivity index (χ1) is 8.87. The monoisotopic (exact) mass is 306 g/mol. The van der Waals surface area contributed by atoms with E-state index < -0.39 is 29.4 Å². The summed E-state index contributed by atoms with van der Waals surface area (Å²) >= 11 is 0. The first kappa shape index (κ1) is 16.8. The lowest BCUT2D eigenvalue weighted by atomic mass is 10.0. The molecule has 0 bridgehead atoms. The van der Waals surface area contributed by atoms with E-state index in [1.165, 1.54) is 6.92 Å². The molecular weight excluding hydrogens is 293 g/mol. The lowest BCUT2D eigenvalue weighted by molar-refractivity contribution is -0.345. The third-order valence-electron chi connectivity index (χ3n) is 2.83. The SMILES string of the molecule is CCCC1(C)N=CC=C(C(F)(F)C(F)(F)C(F)(F)F)N1. The quantitative estimate of drug-likeness (QED) is 0.783. The molecule has 0 saturated heterocycles. The van der Waals surface area contributed by atoms with Gasteiger partial charge in [0.1, 0.15) is 5.66 Å². The van der Waals surface area contributed by atoms with E-state index in [1.807, 2.05) is 5.32 Å². The van der Waals surface area contributed by atoms with Crippen LogP contribution in [-0.2, 0) is 0 Å². The first-order valence-corrected chi connectivity index (χ1v) is 5.74. The van der Waals surface area contributed by atoms with Gasteiger partial charge in [-0.15, -0.1) is 0 Å². The summed E-state index contributed by atoms with van der Waals surface area (Å²) in [6.45, 7) is 3.03. The van der Waals surface area contributed by atoms with E-state index in [-0.39, 0.29) is 6.42 Å². The van der Waals surface area contributed by atoms with Crippen LogP contribution >= 0.6 is 0 Å². The summed E-state index contributed by atoms with van der Waals surface area (Å²) in [6, 6.07) is 0. The largest absolute Gasteiger partial charge is 0.460 e. The summed E-state index contributed by atoms with van der Waals surface area (Å²) in [6.07, 6.45) is -4.43. The smallest absolute Gasteiger partial charge is 0.360 e. The van der Waals surface area contributed by atoms with Crippen LogP contribution in [0.4, 0.5) is 30.7 Å². The average Bonchev–Trinajstić information content (AvgIpc) is 2.27. The zero-order valence-electron chi connectivity index (χ0n) is 10.7. The summed E-state index contributed by atoms with van der Waals surface area (Å²) in [7, 11) is 0. The van der Waals surface area contributed by atoms with E-state index in [9.17, 15) is 30.7 Å². The van der Waals surface area contributed by atoms with Gasteiger partial charge in [-0.1, -0.05) is 13.3 Å². The van der Waals surface area contributed by atoms with E-state index >= 15 is 0 Å². The van der Waals surface area contributed by atoms with Gasteiger partial charge < -0.3 is 5.32 Å². The molecule has 0 radical (unpaired) electrons. The van der Waals surface area contributed by atoms with Crippen LogP contribution < -0.4 is 5.32 Å². The molecule has 1 atom stereocenters. The molecule has 1 unspecified atom stereocenters. The van der Waals surface area contributed by atoms with Crippen LogP contribution in [0.1, 0.15) is 26.7 Å². The maximum atomic E-state index is 13.5. The Morgan fingerprint density at radius 1 is 1.15 bits per heavy atom. The molecule has 0 fully saturated rings. The van der Waals surface area contributed by atoms with Gasteiger partial charge in [-0.05, 0) is 19.4 Å². The number of rotatable bonds is 4. The number of hydrogen-bond acceptors (Lipinski definition) is 2. The summed E-state index contributed by atoms with van der Waals surface area (Å²) in [5.74, 6) is -11.6. The lowest BCUT2D eigenvalue weighted by Crippen LogP contribution is -2.58. The van der Waals surface area contributed by atoms with Crippen LogP contribution in [0.3, 0.4) is 0 Å². The minimum absolute atomic E-state index is 0.203. The number of hydrogen-bond donors (Lipinski definition) is 1. The van der Waals surface area contributed by atoms with Crippen LogP contribution in [-0.4, -0.2) is 29.9 Å². The molecule has 1 rings (SSSR count). The number of aliphatic imine (C=N–C) groups is 1. The van der Waals surface area contributed by atoms with E-state index in [0.29, 0.717) is 12.5 Å². The molecule has 0 amide bonds. The Morgan fingerprint density at radius 3 is 2.15 bits per heavy atom. The van der Waals surface area contributed by atoms with Crippen molar-refractivity contribution in [1.82, 2.24) is 5.32 Å². The minimum atomic E-state index is -6.35. The standard InChI is InChI=1S/C11H13F7N2/c1-3-5-8(2)19-6-4-7(20-8)9(12,13)10(14,15)11(16,17)18/h4,6,20H,3,5H2,1-2H3. The fraction of sp³-hybridized carbons (Fsp3) is 0.727. The van der Waals surface area contributed by atoms with Gasteiger partial charge in [0.15, 0.2) is 0 Å². The van der Waals surface area contributed by atoms with Gasteiger partial charge in [0, 0.05) is 6.21 Å². The fourth-order valence-electron chi connectivity index (χ4n) is 1.78. The summed E-state index contributed by atoms with van der Waals surface area (Å²) in [5, 5.41) is 1.98. The van der Waals surface area contributed by atoms with E-state index in [1.54, 1.807) is 6.92 Å². The summed E-state index contributed by atoms with van der Waals surface area (Å²) in [5.41, 5.74) is -2.82. The molecule has 1 aliphatic rings. The van der Waals surface area contributed by atoms with Crippen molar-refractivity contribution in [3.05, 3.63) is 11.8 Å². The molecule has 1 heterocycles. The number of alkyl halides is 7. The van der Waals surface area contributed by atoms with Gasteiger partial charge in [-0.2, -0.15) is 30.7 Å². The molecule has 0 spiro atoms. The molecule has 2 nitrogen and oxygen atoms in total. The van der Waals surface area contributed by atoms with Crippen LogP contribution in [0, 0.1) is 0 Å². The van der Waals surface area contributed by atoms with Crippen LogP contribution in [0.25, 0.3) is 0 Å². The maximum absolute atomic E-state index is 13.5. The van der Waals surface area contributed by atoms with Gasteiger partial charge in [-0.3, -0.25) is 4.99 Å². The highest BCUT2D eigenvalue weighted by molar-refractivity contribution is 5.74. The second-order valence-electron chi connectivity index (χ2n) is 4.65. The summed E-state index contributed by atoms with van der Waals surface area (Å²) < 4.78 is 89.2.